The topological polar surface area (TPSA) is 62.0 Å². The average molecular weight is 258 g/mol. The number of nitriles is 1. The zero-order chi connectivity index (χ0) is 13.8. The highest BCUT2D eigenvalue weighted by atomic mass is 19.1. The standard InChI is InChI=1S/C13H11FN4O/c1-18(8-15)13-16-6-10(7-17-13)9-3-4-12(19-2)11(14)5-9/h3-7H,1-2H3. The number of methoxy groups -OCH3 is 1. The Kier molecular flexibility index (Phi) is 3.57. The molecule has 19 heavy (non-hydrogen) atoms. The first-order valence-corrected chi connectivity index (χ1v) is 5.45. The van der Waals surface area contributed by atoms with Crippen LogP contribution in [0, 0.1) is 17.3 Å². The van der Waals surface area contributed by atoms with Gasteiger partial charge in [-0.15, -0.1) is 0 Å². The van der Waals surface area contributed by atoms with Gasteiger partial charge in [0.1, 0.15) is 0 Å². The Labute approximate surface area is 109 Å². The summed E-state index contributed by atoms with van der Waals surface area (Å²) in [6.45, 7) is 0. The molecule has 2 rings (SSSR count). The molecule has 0 fully saturated rings. The van der Waals surface area contributed by atoms with Crippen LogP contribution >= 0.6 is 0 Å². The lowest BCUT2D eigenvalue weighted by molar-refractivity contribution is 0.386. The van der Waals surface area contributed by atoms with Gasteiger partial charge in [0.25, 0.3) is 0 Å². The molecule has 0 N–H and O–H groups in total. The molecule has 0 spiro atoms. The zero-order valence-electron chi connectivity index (χ0n) is 10.5. The number of anilines is 1. The van der Waals surface area contributed by atoms with Crippen molar-refractivity contribution in [1.82, 2.24) is 9.97 Å². The van der Waals surface area contributed by atoms with E-state index in [4.69, 9.17) is 10.00 Å². The predicted molar refractivity (Wildman–Crippen MR) is 68.0 cm³/mol. The van der Waals surface area contributed by atoms with E-state index in [2.05, 4.69) is 9.97 Å². The van der Waals surface area contributed by atoms with Crippen LogP contribution in [-0.4, -0.2) is 24.1 Å². The minimum absolute atomic E-state index is 0.186. The fourth-order valence-corrected chi connectivity index (χ4v) is 1.53. The minimum Gasteiger partial charge on any atom is -0.494 e. The van der Waals surface area contributed by atoms with Crippen LogP contribution in [0.1, 0.15) is 0 Å². The second-order valence-corrected chi connectivity index (χ2v) is 3.78. The maximum Gasteiger partial charge on any atom is 0.238 e. The molecule has 0 saturated carbocycles. The van der Waals surface area contributed by atoms with Crippen molar-refractivity contribution in [3.8, 4) is 23.1 Å². The van der Waals surface area contributed by atoms with Gasteiger partial charge in [0.2, 0.25) is 5.95 Å². The van der Waals surface area contributed by atoms with E-state index in [-0.39, 0.29) is 5.75 Å². The Hall–Kier alpha value is -2.68. The van der Waals surface area contributed by atoms with Gasteiger partial charge in [-0.05, 0) is 17.7 Å². The van der Waals surface area contributed by atoms with Gasteiger partial charge < -0.3 is 4.74 Å². The van der Waals surface area contributed by atoms with Crippen LogP contribution < -0.4 is 9.64 Å². The van der Waals surface area contributed by atoms with Crippen LogP contribution in [0.3, 0.4) is 0 Å². The summed E-state index contributed by atoms with van der Waals surface area (Å²) < 4.78 is 18.4. The SMILES string of the molecule is COc1ccc(-c2cnc(N(C)C#N)nc2)cc1F. The molecule has 0 amide bonds. The summed E-state index contributed by atoms with van der Waals surface area (Å²) >= 11 is 0. The normalized spacial score (nSPS) is 9.79. The monoisotopic (exact) mass is 258 g/mol. The molecule has 0 bridgehead atoms. The molecule has 5 nitrogen and oxygen atoms in total. The van der Waals surface area contributed by atoms with Crippen molar-refractivity contribution in [3.05, 3.63) is 36.4 Å². The molecule has 1 aromatic carbocycles. The van der Waals surface area contributed by atoms with Crippen molar-refractivity contribution in [3.63, 3.8) is 0 Å². The Morgan fingerprint density at radius 2 is 1.95 bits per heavy atom. The van der Waals surface area contributed by atoms with E-state index in [1.165, 1.54) is 30.5 Å². The lowest BCUT2D eigenvalue weighted by atomic mass is 10.1. The number of hydrogen-bond acceptors (Lipinski definition) is 5. The Bertz CT molecular complexity index is 622. The Balaban J connectivity index is 2.33. The molecule has 1 heterocycles. The molecular weight excluding hydrogens is 247 g/mol. The fraction of sp³-hybridized carbons (Fsp3) is 0.154. The van der Waals surface area contributed by atoms with Crippen LogP contribution in [0.25, 0.3) is 11.1 Å². The lowest BCUT2D eigenvalue weighted by Gasteiger charge is -2.08. The van der Waals surface area contributed by atoms with Gasteiger partial charge in [-0.1, -0.05) is 6.07 Å². The summed E-state index contributed by atoms with van der Waals surface area (Å²) in [7, 11) is 2.97. The molecule has 0 saturated heterocycles. The quantitative estimate of drug-likeness (QED) is 0.624. The molecule has 0 radical (unpaired) electrons. The van der Waals surface area contributed by atoms with Crippen LogP contribution in [0.4, 0.5) is 10.3 Å². The molecule has 0 aliphatic carbocycles. The number of hydrogen-bond donors (Lipinski definition) is 0. The molecule has 0 aliphatic rings. The molecule has 0 unspecified atom stereocenters. The van der Waals surface area contributed by atoms with Crippen molar-refractivity contribution in [2.45, 2.75) is 0 Å². The van der Waals surface area contributed by atoms with Gasteiger partial charge in [0.15, 0.2) is 17.8 Å². The highest BCUT2D eigenvalue weighted by Crippen LogP contribution is 2.24. The molecule has 96 valence electrons. The van der Waals surface area contributed by atoms with Crippen LogP contribution in [0.2, 0.25) is 0 Å². The third kappa shape index (κ3) is 2.60. The molecule has 0 aliphatic heterocycles. The third-order valence-corrected chi connectivity index (χ3v) is 2.57. The van der Waals surface area contributed by atoms with Gasteiger partial charge in [-0.2, -0.15) is 5.26 Å². The average Bonchev–Trinajstić information content (AvgIpc) is 2.46. The van der Waals surface area contributed by atoms with Crippen molar-refractivity contribution in [2.24, 2.45) is 0 Å². The fourth-order valence-electron chi connectivity index (χ4n) is 1.53. The van der Waals surface area contributed by atoms with E-state index < -0.39 is 5.82 Å². The van der Waals surface area contributed by atoms with Crippen molar-refractivity contribution < 1.29 is 9.13 Å². The second-order valence-electron chi connectivity index (χ2n) is 3.78. The summed E-state index contributed by atoms with van der Waals surface area (Å²) in [4.78, 5) is 9.31. The summed E-state index contributed by atoms with van der Waals surface area (Å²) in [6.07, 6.45) is 4.97. The van der Waals surface area contributed by atoms with Crippen molar-refractivity contribution in [1.29, 1.82) is 5.26 Å². The molecule has 2 aromatic rings. The summed E-state index contributed by atoms with van der Waals surface area (Å²) in [5, 5.41) is 8.70. The number of benzene rings is 1. The first-order valence-electron chi connectivity index (χ1n) is 5.45. The number of halogens is 1. The highest BCUT2D eigenvalue weighted by Gasteiger charge is 2.07. The molecular formula is C13H11FN4O. The number of aromatic nitrogens is 2. The molecule has 0 atom stereocenters. The van der Waals surface area contributed by atoms with Gasteiger partial charge in [0.05, 0.1) is 7.11 Å². The zero-order valence-corrected chi connectivity index (χ0v) is 10.5. The summed E-state index contributed by atoms with van der Waals surface area (Å²) in [6, 6.07) is 4.61. The second kappa shape index (κ2) is 5.31. The maximum absolute atomic E-state index is 13.6. The first-order chi connectivity index (χ1) is 9.15. The van der Waals surface area contributed by atoms with Crippen molar-refractivity contribution >= 4 is 5.95 Å². The lowest BCUT2D eigenvalue weighted by Crippen LogP contribution is -2.11. The van der Waals surface area contributed by atoms with E-state index in [0.717, 1.165) is 0 Å². The maximum atomic E-state index is 13.6. The largest absolute Gasteiger partial charge is 0.494 e. The Morgan fingerprint density at radius 3 is 2.47 bits per heavy atom. The number of rotatable bonds is 3. The van der Waals surface area contributed by atoms with E-state index in [9.17, 15) is 4.39 Å². The Morgan fingerprint density at radius 1 is 1.26 bits per heavy atom. The van der Waals surface area contributed by atoms with Gasteiger partial charge in [0, 0.05) is 25.0 Å². The van der Waals surface area contributed by atoms with Crippen molar-refractivity contribution in [2.75, 3.05) is 19.1 Å². The van der Waals surface area contributed by atoms with Crippen LogP contribution in [-0.2, 0) is 0 Å². The van der Waals surface area contributed by atoms with Gasteiger partial charge in [-0.3, -0.25) is 4.90 Å². The van der Waals surface area contributed by atoms with E-state index in [0.29, 0.717) is 17.1 Å². The summed E-state index contributed by atoms with van der Waals surface area (Å²) in [5.74, 6) is 0.0314. The van der Waals surface area contributed by atoms with Crippen LogP contribution in [0.15, 0.2) is 30.6 Å². The molecule has 6 heteroatoms. The minimum atomic E-state index is -0.446. The predicted octanol–water partition coefficient (Wildman–Crippen LogP) is 2.21. The first kappa shape index (κ1) is 12.8. The molecule has 1 aromatic heterocycles. The van der Waals surface area contributed by atoms with E-state index >= 15 is 0 Å². The number of nitrogens with zero attached hydrogens (tertiary/aromatic N) is 4. The van der Waals surface area contributed by atoms with E-state index in [1.807, 2.05) is 6.19 Å². The van der Waals surface area contributed by atoms with E-state index in [1.54, 1.807) is 19.2 Å². The van der Waals surface area contributed by atoms with Gasteiger partial charge >= 0.3 is 0 Å². The van der Waals surface area contributed by atoms with Gasteiger partial charge in [-0.25, -0.2) is 14.4 Å². The highest BCUT2D eigenvalue weighted by molar-refractivity contribution is 5.63. The summed E-state index contributed by atoms with van der Waals surface area (Å²) in [5.41, 5.74) is 1.31. The number of ether oxygens (including phenoxy) is 1. The third-order valence-electron chi connectivity index (χ3n) is 2.57. The smallest absolute Gasteiger partial charge is 0.238 e. The van der Waals surface area contributed by atoms with Crippen LogP contribution in [0.5, 0.6) is 5.75 Å².